The molecule has 122 valence electrons. The Kier molecular flexibility index (Phi) is 5.05. The average molecular weight is 333 g/mol. The summed E-state index contributed by atoms with van der Waals surface area (Å²) in [6.07, 6.45) is 0. The van der Waals surface area contributed by atoms with Gasteiger partial charge < -0.3 is 10.5 Å². The standard InChI is InChI=1S/C17H19NO4S/c1-12-6-7-13(2)16(8-12)23(20,21)11-14-4-3-5-15(9-14)22-10-17(18)19/h3-9H,10-11H2,1-2H3,(H2,18,19). The van der Waals surface area contributed by atoms with E-state index < -0.39 is 15.7 Å². The number of amides is 1. The maximum absolute atomic E-state index is 12.6. The zero-order chi connectivity index (χ0) is 17.0. The second-order valence-corrected chi connectivity index (χ2v) is 7.39. The molecule has 23 heavy (non-hydrogen) atoms. The lowest BCUT2D eigenvalue weighted by Crippen LogP contribution is -2.20. The minimum atomic E-state index is -3.46. The molecular weight excluding hydrogens is 314 g/mol. The molecule has 0 spiro atoms. The molecule has 0 fully saturated rings. The first-order chi connectivity index (χ1) is 10.8. The first kappa shape index (κ1) is 17.0. The van der Waals surface area contributed by atoms with Crippen molar-refractivity contribution in [1.82, 2.24) is 0 Å². The van der Waals surface area contributed by atoms with Gasteiger partial charge in [0.25, 0.3) is 5.91 Å². The lowest BCUT2D eigenvalue weighted by atomic mass is 10.2. The molecule has 2 N–H and O–H groups in total. The quantitative estimate of drug-likeness (QED) is 0.877. The molecule has 0 aliphatic rings. The van der Waals surface area contributed by atoms with E-state index in [1.165, 1.54) is 0 Å². The molecule has 0 atom stereocenters. The van der Waals surface area contributed by atoms with Crippen LogP contribution in [0.15, 0.2) is 47.4 Å². The van der Waals surface area contributed by atoms with Gasteiger partial charge in [0.05, 0.1) is 10.6 Å². The van der Waals surface area contributed by atoms with Crippen LogP contribution < -0.4 is 10.5 Å². The summed E-state index contributed by atoms with van der Waals surface area (Å²) < 4.78 is 30.5. The zero-order valence-corrected chi connectivity index (χ0v) is 13.9. The van der Waals surface area contributed by atoms with E-state index in [-0.39, 0.29) is 12.4 Å². The first-order valence-electron chi connectivity index (χ1n) is 7.08. The number of hydrogen-bond donors (Lipinski definition) is 1. The minimum absolute atomic E-state index is 0.134. The first-order valence-corrected chi connectivity index (χ1v) is 8.73. The maximum atomic E-state index is 12.6. The largest absolute Gasteiger partial charge is 0.484 e. The second kappa shape index (κ2) is 6.83. The molecule has 5 nitrogen and oxygen atoms in total. The van der Waals surface area contributed by atoms with Crippen molar-refractivity contribution in [3.63, 3.8) is 0 Å². The predicted molar refractivity (Wildman–Crippen MR) is 87.9 cm³/mol. The summed E-state index contributed by atoms with van der Waals surface area (Å²) in [7, 11) is -3.46. The second-order valence-electron chi connectivity index (χ2n) is 5.43. The number of rotatable bonds is 6. The summed E-state index contributed by atoms with van der Waals surface area (Å²) in [5.74, 6) is -0.304. The molecule has 0 bridgehead atoms. The van der Waals surface area contributed by atoms with E-state index in [1.54, 1.807) is 43.3 Å². The molecule has 2 aromatic carbocycles. The fourth-order valence-corrected chi connectivity index (χ4v) is 3.92. The maximum Gasteiger partial charge on any atom is 0.255 e. The van der Waals surface area contributed by atoms with Crippen LogP contribution in [0.4, 0.5) is 0 Å². The van der Waals surface area contributed by atoms with E-state index in [2.05, 4.69) is 0 Å². The molecular formula is C17H19NO4S. The average Bonchev–Trinajstić information content (AvgIpc) is 2.47. The summed E-state index contributed by atoms with van der Waals surface area (Å²) in [5.41, 5.74) is 7.23. The highest BCUT2D eigenvalue weighted by Crippen LogP contribution is 2.23. The van der Waals surface area contributed by atoms with Crippen molar-refractivity contribution in [3.05, 3.63) is 59.2 Å². The van der Waals surface area contributed by atoms with Crippen molar-refractivity contribution in [3.8, 4) is 5.75 Å². The third-order valence-corrected chi connectivity index (χ3v) is 5.14. The van der Waals surface area contributed by atoms with Crippen LogP contribution in [0, 0.1) is 13.8 Å². The van der Waals surface area contributed by atoms with Gasteiger partial charge in [-0.3, -0.25) is 4.79 Å². The molecule has 0 aliphatic heterocycles. The van der Waals surface area contributed by atoms with Gasteiger partial charge in [-0.2, -0.15) is 0 Å². The van der Waals surface area contributed by atoms with Gasteiger partial charge in [0.15, 0.2) is 16.4 Å². The molecule has 0 unspecified atom stereocenters. The van der Waals surface area contributed by atoms with Gasteiger partial charge in [0.1, 0.15) is 5.75 Å². The number of hydrogen-bond acceptors (Lipinski definition) is 4. The Labute approximate surface area is 136 Å². The number of primary amides is 1. The fourth-order valence-electron chi connectivity index (χ4n) is 2.22. The summed E-state index contributed by atoms with van der Waals surface area (Å²) in [4.78, 5) is 11.1. The van der Waals surface area contributed by atoms with Crippen LogP contribution in [0.3, 0.4) is 0 Å². The van der Waals surface area contributed by atoms with Crippen LogP contribution in [-0.4, -0.2) is 20.9 Å². The molecule has 1 amide bonds. The third-order valence-electron chi connectivity index (χ3n) is 3.31. The van der Waals surface area contributed by atoms with E-state index in [0.29, 0.717) is 16.2 Å². The highest BCUT2D eigenvalue weighted by atomic mass is 32.2. The lowest BCUT2D eigenvalue weighted by molar-refractivity contribution is -0.119. The monoisotopic (exact) mass is 333 g/mol. The Morgan fingerprint density at radius 1 is 1.13 bits per heavy atom. The Hall–Kier alpha value is -2.34. The molecule has 0 saturated heterocycles. The van der Waals surface area contributed by atoms with Crippen LogP contribution in [-0.2, 0) is 20.4 Å². The Bertz CT molecular complexity index is 828. The van der Waals surface area contributed by atoms with Crippen molar-refractivity contribution in [2.45, 2.75) is 24.5 Å². The number of carbonyl (C=O) groups is 1. The molecule has 0 aromatic heterocycles. The van der Waals surface area contributed by atoms with Gasteiger partial charge in [0.2, 0.25) is 0 Å². The van der Waals surface area contributed by atoms with Gasteiger partial charge in [-0.25, -0.2) is 8.42 Å². The van der Waals surface area contributed by atoms with Crippen LogP contribution in [0.5, 0.6) is 5.75 Å². The molecule has 2 aromatic rings. The van der Waals surface area contributed by atoms with Gasteiger partial charge in [0, 0.05) is 0 Å². The summed E-state index contributed by atoms with van der Waals surface area (Å²) >= 11 is 0. The normalized spacial score (nSPS) is 11.2. The van der Waals surface area contributed by atoms with Crippen LogP contribution in [0.1, 0.15) is 16.7 Å². The molecule has 0 heterocycles. The molecule has 2 rings (SSSR count). The van der Waals surface area contributed by atoms with E-state index in [9.17, 15) is 13.2 Å². The Morgan fingerprint density at radius 2 is 1.87 bits per heavy atom. The van der Waals surface area contributed by atoms with Crippen molar-refractivity contribution in [2.75, 3.05) is 6.61 Å². The van der Waals surface area contributed by atoms with E-state index >= 15 is 0 Å². The number of aryl methyl sites for hydroxylation is 2. The van der Waals surface area contributed by atoms with E-state index in [1.807, 2.05) is 13.0 Å². The van der Waals surface area contributed by atoms with Crippen LogP contribution in [0.25, 0.3) is 0 Å². The predicted octanol–water partition coefficient (Wildman–Crippen LogP) is 2.14. The lowest BCUT2D eigenvalue weighted by Gasteiger charge is -2.10. The Balaban J connectivity index is 2.25. The number of carbonyl (C=O) groups excluding carboxylic acids is 1. The Morgan fingerprint density at radius 3 is 2.57 bits per heavy atom. The molecule has 0 radical (unpaired) electrons. The number of nitrogens with two attached hydrogens (primary N) is 1. The topological polar surface area (TPSA) is 86.5 Å². The van der Waals surface area contributed by atoms with Crippen LogP contribution >= 0.6 is 0 Å². The van der Waals surface area contributed by atoms with Crippen molar-refractivity contribution in [2.24, 2.45) is 5.73 Å². The summed E-state index contributed by atoms with van der Waals surface area (Å²) in [5, 5.41) is 0. The molecule has 0 saturated carbocycles. The fraction of sp³-hybridized carbons (Fsp3) is 0.235. The van der Waals surface area contributed by atoms with Gasteiger partial charge in [-0.1, -0.05) is 24.3 Å². The summed E-state index contributed by atoms with van der Waals surface area (Å²) in [6.45, 7) is 3.39. The van der Waals surface area contributed by atoms with Gasteiger partial charge in [-0.15, -0.1) is 0 Å². The van der Waals surface area contributed by atoms with Gasteiger partial charge >= 0.3 is 0 Å². The number of sulfone groups is 1. The third kappa shape index (κ3) is 4.56. The number of ether oxygens (including phenoxy) is 1. The van der Waals surface area contributed by atoms with E-state index in [4.69, 9.17) is 10.5 Å². The highest BCUT2D eigenvalue weighted by molar-refractivity contribution is 7.90. The van der Waals surface area contributed by atoms with Crippen molar-refractivity contribution in [1.29, 1.82) is 0 Å². The minimum Gasteiger partial charge on any atom is -0.484 e. The smallest absolute Gasteiger partial charge is 0.255 e. The van der Waals surface area contributed by atoms with Gasteiger partial charge in [-0.05, 0) is 48.7 Å². The van der Waals surface area contributed by atoms with Crippen molar-refractivity contribution < 1.29 is 17.9 Å². The molecule has 0 aliphatic carbocycles. The van der Waals surface area contributed by atoms with E-state index in [0.717, 1.165) is 11.1 Å². The van der Waals surface area contributed by atoms with Crippen molar-refractivity contribution >= 4 is 15.7 Å². The van der Waals surface area contributed by atoms with Crippen LogP contribution in [0.2, 0.25) is 0 Å². The highest BCUT2D eigenvalue weighted by Gasteiger charge is 2.18. The zero-order valence-electron chi connectivity index (χ0n) is 13.1. The SMILES string of the molecule is Cc1ccc(C)c(S(=O)(=O)Cc2cccc(OCC(N)=O)c2)c1. The summed E-state index contributed by atoms with van der Waals surface area (Å²) in [6, 6.07) is 12.0. The molecule has 6 heteroatoms. The number of benzene rings is 2.